The van der Waals surface area contributed by atoms with Crippen molar-refractivity contribution in [3.63, 3.8) is 0 Å². The van der Waals surface area contributed by atoms with Crippen molar-refractivity contribution in [1.29, 1.82) is 0 Å². The summed E-state index contributed by atoms with van der Waals surface area (Å²) in [5.41, 5.74) is 0. The number of rotatable bonds is 2. The van der Waals surface area contributed by atoms with E-state index in [2.05, 4.69) is 57.3 Å². The van der Waals surface area contributed by atoms with E-state index in [0.717, 1.165) is 12.8 Å². The average Bonchev–Trinajstić information content (AvgIpc) is 2.96. The van der Waals surface area contributed by atoms with Gasteiger partial charge < -0.3 is 5.32 Å². The third kappa shape index (κ3) is 17.9. The smallest absolute Gasteiger partial charge is 0 e. The maximum absolute atomic E-state index is 4.28. The van der Waals surface area contributed by atoms with Crippen LogP contribution in [0, 0.1) is 12.2 Å². The van der Waals surface area contributed by atoms with Crippen molar-refractivity contribution in [2.24, 2.45) is 0 Å². The molecule has 0 N–H and O–H groups in total. The van der Waals surface area contributed by atoms with Gasteiger partial charge in [-0.25, -0.2) is 24.3 Å². The molecule has 101 valence electrons. The largest absolute Gasteiger partial charge is 0.658 e. The van der Waals surface area contributed by atoms with Crippen LogP contribution in [0.5, 0.6) is 0 Å². The molecule has 0 saturated heterocycles. The zero-order valence-corrected chi connectivity index (χ0v) is 13.3. The van der Waals surface area contributed by atoms with E-state index in [4.69, 9.17) is 0 Å². The molecule has 2 heteroatoms. The Labute approximate surface area is 125 Å². The van der Waals surface area contributed by atoms with Crippen molar-refractivity contribution in [2.75, 3.05) is 0 Å². The van der Waals surface area contributed by atoms with Gasteiger partial charge in [0, 0.05) is 18.6 Å². The summed E-state index contributed by atoms with van der Waals surface area (Å²) in [5.74, 6) is 0. The van der Waals surface area contributed by atoms with Crippen molar-refractivity contribution >= 4 is 0 Å². The minimum Gasteiger partial charge on any atom is -0.658 e. The van der Waals surface area contributed by atoms with Gasteiger partial charge in [-0.2, -0.15) is 12.2 Å². The summed E-state index contributed by atoms with van der Waals surface area (Å²) in [5, 5.41) is 4.28. The third-order valence-corrected chi connectivity index (χ3v) is 1.77. The van der Waals surface area contributed by atoms with Crippen molar-refractivity contribution in [3.05, 3.63) is 53.9 Å². The second kappa shape index (κ2) is 14.6. The maximum atomic E-state index is 4.28. The van der Waals surface area contributed by atoms with E-state index in [1.165, 1.54) is 0 Å². The molecule has 0 aliphatic heterocycles. The van der Waals surface area contributed by atoms with Crippen LogP contribution in [-0.4, -0.2) is 12.1 Å². The van der Waals surface area contributed by atoms with Gasteiger partial charge in [0.15, 0.2) is 0 Å². The molecule has 2 aliphatic rings. The van der Waals surface area contributed by atoms with Crippen LogP contribution in [0.25, 0.3) is 5.32 Å². The number of nitrogens with zero attached hydrogens (tertiary/aromatic N) is 1. The van der Waals surface area contributed by atoms with Gasteiger partial charge in [-0.05, 0) is 0 Å². The number of allylic oxidation sites excluding steroid dienone is 8. The molecule has 2 aliphatic carbocycles. The van der Waals surface area contributed by atoms with E-state index in [1.54, 1.807) is 0 Å². The molecule has 0 unspecified atom stereocenters. The summed E-state index contributed by atoms with van der Waals surface area (Å²) >= 11 is 0. The van der Waals surface area contributed by atoms with Crippen molar-refractivity contribution in [1.82, 2.24) is 0 Å². The normalized spacial score (nSPS) is 14.1. The summed E-state index contributed by atoms with van der Waals surface area (Å²) in [4.78, 5) is 0. The molecule has 0 aromatic heterocycles. The standard InChI is InChI=1S/C6H14N.2C5H5.V/c1-5(2)7-6(3)4;2*1-2-4-5-3-1;/h5-6H,1-4H3;2*1-3H,4H2;/q3*-1;. The van der Waals surface area contributed by atoms with Crippen LogP contribution < -0.4 is 0 Å². The Morgan fingerprint density at radius 3 is 1.28 bits per heavy atom. The first kappa shape index (κ1) is 19.8. The second-order valence-electron chi connectivity index (χ2n) is 4.34. The van der Waals surface area contributed by atoms with Gasteiger partial charge in [-0.15, -0.1) is 24.9 Å². The Morgan fingerprint density at radius 2 is 1.22 bits per heavy atom. The van der Waals surface area contributed by atoms with Gasteiger partial charge in [0.1, 0.15) is 0 Å². The predicted molar refractivity (Wildman–Crippen MR) is 76.8 cm³/mol. The van der Waals surface area contributed by atoms with E-state index in [1.807, 2.05) is 24.3 Å². The van der Waals surface area contributed by atoms with Gasteiger partial charge in [0.2, 0.25) is 0 Å². The molecule has 0 aromatic rings. The monoisotopic (exact) mass is 281 g/mol. The first-order valence-electron chi connectivity index (χ1n) is 6.26. The molecule has 0 atom stereocenters. The van der Waals surface area contributed by atoms with E-state index >= 15 is 0 Å². The molecular weight excluding hydrogens is 257 g/mol. The SMILES string of the molecule is CC(C)[N-]C(C)C.[C-]1=CC=CC1.[C-]1=CC=CC1.[V]. The Hall–Kier alpha value is -0.496. The van der Waals surface area contributed by atoms with Crippen LogP contribution in [0.2, 0.25) is 0 Å². The molecular formula is C16H24NV-3. The summed E-state index contributed by atoms with van der Waals surface area (Å²) in [6.07, 6.45) is 20.0. The van der Waals surface area contributed by atoms with Gasteiger partial charge in [0.25, 0.3) is 0 Å². The Bertz CT molecular complexity index is 225. The Kier molecular flexibility index (Phi) is 16.1. The molecule has 1 nitrogen and oxygen atoms in total. The summed E-state index contributed by atoms with van der Waals surface area (Å²) in [6.45, 7) is 8.39. The summed E-state index contributed by atoms with van der Waals surface area (Å²) in [7, 11) is 0. The molecule has 0 bridgehead atoms. The topological polar surface area (TPSA) is 14.1 Å². The van der Waals surface area contributed by atoms with Gasteiger partial charge in [-0.3, -0.25) is 12.2 Å². The van der Waals surface area contributed by atoms with E-state index in [-0.39, 0.29) is 18.6 Å². The van der Waals surface area contributed by atoms with Crippen LogP contribution in [0.1, 0.15) is 40.5 Å². The molecule has 0 spiro atoms. The quantitative estimate of drug-likeness (QED) is 0.646. The summed E-state index contributed by atoms with van der Waals surface area (Å²) < 4.78 is 0. The van der Waals surface area contributed by atoms with Crippen molar-refractivity contribution < 1.29 is 18.6 Å². The minimum absolute atomic E-state index is 0. The summed E-state index contributed by atoms with van der Waals surface area (Å²) in [6, 6.07) is 1.000. The molecule has 18 heavy (non-hydrogen) atoms. The fourth-order valence-corrected chi connectivity index (χ4v) is 1.28. The minimum atomic E-state index is 0. The predicted octanol–water partition coefficient (Wildman–Crippen LogP) is 4.79. The number of hydrogen-bond acceptors (Lipinski definition) is 0. The van der Waals surface area contributed by atoms with E-state index < -0.39 is 0 Å². The second-order valence-corrected chi connectivity index (χ2v) is 4.34. The van der Waals surface area contributed by atoms with Crippen LogP contribution in [0.15, 0.2) is 36.5 Å². The van der Waals surface area contributed by atoms with Gasteiger partial charge in [0.05, 0.1) is 0 Å². The van der Waals surface area contributed by atoms with Crippen LogP contribution in [-0.2, 0) is 18.6 Å². The number of hydrogen-bond donors (Lipinski definition) is 0. The molecule has 0 aromatic carbocycles. The van der Waals surface area contributed by atoms with Crippen molar-refractivity contribution in [3.8, 4) is 0 Å². The molecule has 0 fully saturated rings. The fraction of sp³-hybridized carbons (Fsp3) is 0.500. The van der Waals surface area contributed by atoms with E-state index in [9.17, 15) is 0 Å². The molecule has 0 amide bonds. The Morgan fingerprint density at radius 1 is 0.833 bits per heavy atom. The molecule has 0 heterocycles. The van der Waals surface area contributed by atoms with Crippen LogP contribution >= 0.6 is 0 Å². The fourth-order valence-electron chi connectivity index (χ4n) is 1.28. The van der Waals surface area contributed by atoms with E-state index in [0.29, 0.717) is 12.1 Å². The molecule has 1 radical (unpaired) electrons. The van der Waals surface area contributed by atoms with Crippen molar-refractivity contribution in [2.45, 2.75) is 52.6 Å². The van der Waals surface area contributed by atoms with Crippen LogP contribution in [0.3, 0.4) is 0 Å². The molecule has 0 saturated carbocycles. The maximum Gasteiger partial charge on any atom is 0 e. The molecule has 2 rings (SSSR count). The third-order valence-electron chi connectivity index (χ3n) is 1.77. The van der Waals surface area contributed by atoms with Gasteiger partial charge in [-0.1, -0.05) is 27.7 Å². The van der Waals surface area contributed by atoms with Gasteiger partial charge >= 0.3 is 0 Å². The van der Waals surface area contributed by atoms with Crippen LogP contribution in [0.4, 0.5) is 0 Å². The zero-order valence-electron chi connectivity index (χ0n) is 11.9. The zero-order chi connectivity index (χ0) is 12.9. The Balaban J connectivity index is 0. The first-order valence-corrected chi connectivity index (χ1v) is 6.26. The average molecular weight is 281 g/mol. The first-order chi connectivity index (χ1) is 8.13.